The Kier molecular flexibility index (Phi) is 3.61. The number of halogens is 2. The lowest BCUT2D eigenvalue weighted by Crippen LogP contribution is -2.25. The minimum atomic E-state index is -3.75. The summed E-state index contributed by atoms with van der Waals surface area (Å²) >= 11 is -0.0232. The van der Waals surface area contributed by atoms with E-state index < -0.39 is 11.2 Å². The van der Waals surface area contributed by atoms with Crippen LogP contribution in [0, 0.1) is 0 Å². The van der Waals surface area contributed by atoms with Gasteiger partial charge < -0.3 is 9.84 Å². The number of aromatic hydroxyl groups is 1. The Balaban J connectivity index is 2.51. The topological polar surface area (TPSA) is 46.5 Å². The van der Waals surface area contributed by atoms with Crippen LogP contribution in [0.2, 0.25) is 0 Å². The van der Waals surface area contributed by atoms with Crippen LogP contribution >= 0.6 is 11.8 Å². The van der Waals surface area contributed by atoms with Crippen molar-refractivity contribution in [3.63, 3.8) is 0 Å². The number of phenols is 1. The second-order valence-electron chi connectivity index (χ2n) is 3.75. The lowest BCUT2D eigenvalue weighted by atomic mass is 10.1. The van der Waals surface area contributed by atoms with Gasteiger partial charge >= 0.3 is 11.2 Å². The molecule has 2 aromatic rings. The number of benzene rings is 2. The number of rotatable bonds is 3. The van der Waals surface area contributed by atoms with E-state index in [4.69, 9.17) is 0 Å². The Labute approximate surface area is 112 Å². The van der Waals surface area contributed by atoms with Crippen molar-refractivity contribution in [3.05, 3.63) is 36.4 Å². The number of carbonyl (C=O) groups is 1. The van der Waals surface area contributed by atoms with E-state index in [1.165, 1.54) is 6.07 Å². The number of ether oxygens (including phenoxy) is 1. The van der Waals surface area contributed by atoms with Gasteiger partial charge in [-0.05, 0) is 28.6 Å². The Morgan fingerprint density at radius 1 is 1.26 bits per heavy atom. The first kappa shape index (κ1) is 13.6. The van der Waals surface area contributed by atoms with E-state index in [1.54, 1.807) is 30.3 Å². The molecule has 0 unspecified atom stereocenters. The molecule has 6 heteroatoms. The third-order valence-corrected chi connectivity index (χ3v) is 3.57. The quantitative estimate of drug-likeness (QED) is 0.693. The second-order valence-corrected chi connectivity index (χ2v) is 4.87. The summed E-state index contributed by atoms with van der Waals surface area (Å²) in [7, 11) is 0.889. The zero-order valence-electron chi connectivity index (χ0n) is 9.89. The Morgan fingerprint density at radius 3 is 2.63 bits per heavy atom. The Bertz CT molecular complexity index is 628. The van der Waals surface area contributed by atoms with Crippen LogP contribution in [0.5, 0.6) is 5.75 Å². The smallest absolute Gasteiger partial charge is 0.393 e. The highest BCUT2D eigenvalue weighted by Crippen LogP contribution is 2.44. The van der Waals surface area contributed by atoms with Gasteiger partial charge in [0, 0.05) is 0 Å². The molecule has 0 bridgehead atoms. The first-order chi connectivity index (χ1) is 8.95. The molecule has 100 valence electrons. The molecule has 2 rings (SSSR count). The zero-order chi connectivity index (χ0) is 14.0. The van der Waals surface area contributed by atoms with E-state index >= 15 is 0 Å². The summed E-state index contributed by atoms with van der Waals surface area (Å²) in [4.78, 5) is 11.0. The van der Waals surface area contributed by atoms with Gasteiger partial charge in [0.05, 0.1) is 12.0 Å². The van der Waals surface area contributed by atoms with E-state index in [0.717, 1.165) is 7.11 Å². The second kappa shape index (κ2) is 5.05. The molecule has 0 radical (unpaired) electrons. The molecule has 0 atom stereocenters. The predicted molar refractivity (Wildman–Crippen MR) is 68.4 cm³/mol. The van der Waals surface area contributed by atoms with E-state index in [2.05, 4.69) is 4.74 Å². The van der Waals surface area contributed by atoms with Crippen molar-refractivity contribution < 1.29 is 23.4 Å². The van der Waals surface area contributed by atoms with Crippen LogP contribution in [0.15, 0.2) is 41.3 Å². The maximum absolute atomic E-state index is 13.6. The Morgan fingerprint density at radius 2 is 1.95 bits per heavy atom. The highest BCUT2D eigenvalue weighted by atomic mass is 32.2. The van der Waals surface area contributed by atoms with Gasteiger partial charge in [-0.2, -0.15) is 8.78 Å². The highest BCUT2D eigenvalue weighted by molar-refractivity contribution is 8.01. The van der Waals surface area contributed by atoms with E-state index in [-0.39, 0.29) is 22.4 Å². The molecule has 2 aromatic carbocycles. The molecular formula is C13H10F2O3S. The fourth-order valence-electron chi connectivity index (χ4n) is 1.63. The Hall–Kier alpha value is -1.82. The third-order valence-electron chi connectivity index (χ3n) is 2.51. The number of hydrogen-bond donors (Lipinski definition) is 1. The lowest BCUT2D eigenvalue weighted by molar-refractivity contribution is -0.156. The number of fused-ring (bicyclic) bond motifs is 1. The summed E-state index contributed by atoms with van der Waals surface area (Å²) in [6.45, 7) is 0. The largest absolute Gasteiger partial charge is 0.507 e. The average Bonchev–Trinajstić information content (AvgIpc) is 2.41. The summed E-state index contributed by atoms with van der Waals surface area (Å²) in [5.74, 6) is -1.95. The van der Waals surface area contributed by atoms with E-state index in [1.807, 2.05) is 0 Å². The van der Waals surface area contributed by atoms with Gasteiger partial charge in [-0.15, -0.1) is 0 Å². The maximum Gasteiger partial charge on any atom is 0.393 e. The molecule has 0 heterocycles. The van der Waals surface area contributed by atoms with Crippen LogP contribution < -0.4 is 0 Å². The van der Waals surface area contributed by atoms with Gasteiger partial charge in [-0.1, -0.05) is 30.3 Å². The van der Waals surface area contributed by atoms with Gasteiger partial charge in [-0.3, -0.25) is 0 Å². The van der Waals surface area contributed by atoms with Crippen molar-refractivity contribution in [2.45, 2.75) is 10.2 Å². The number of hydrogen-bond acceptors (Lipinski definition) is 4. The van der Waals surface area contributed by atoms with E-state index in [0.29, 0.717) is 10.8 Å². The number of methoxy groups -OCH3 is 1. The van der Waals surface area contributed by atoms with Crippen LogP contribution in [0.4, 0.5) is 8.78 Å². The standard InChI is InChI=1S/C13H10F2O3S/c1-18-12(17)13(14,15)19-11-9-5-3-2-4-8(9)6-7-10(11)16/h2-7,16H,1H3. The summed E-state index contributed by atoms with van der Waals surface area (Å²) in [5, 5.41) is 7.12. The average molecular weight is 284 g/mol. The van der Waals surface area contributed by atoms with E-state index in [9.17, 15) is 18.7 Å². The van der Waals surface area contributed by atoms with Crippen molar-refractivity contribution in [2.24, 2.45) is 0 Å². The van der Waals surface area contributed by atoms with Crippen LogP contribution in [0.25, 0.3) is 10.8 Å². The number of esters is 1. The zero-order valence-corrected chi connectivity index (χ0v) is 10.7. The molecule has 0 saturated heterocycles. The molecule has 1 N–H and O–H groups in total. The third kappa shape index (κ3) is 2.63. The highest BCUT2D eigenvalue weighted by Gasteiger charge is 2.42. The molecule has 0 spiro atoms. The van der Waals surface area contributed by atoms with Crippen LogP contribution in [-0.4, -0.2) is 23.4 Å². The van der Waals surface area contributed by atoms with Crippen LogP contribution in [-0.2, 0) is 9.53 Å². The minimum absolute atomic E-state index is 0.0232. The van der Waals surface area contributed by atoms with Crippen molar-refractivity contribution in [3.8, 4) is 5.75 Å². The predicted octanol–water partition coefficient (Wildman–Crippen LogP) is 3.40. The number of phenolic OH excluding ortho intramolecular Hbond substituents is 1. The van der Waals surface area contributed by atoms with Gasteiger partial charge in [0.25, 0.3) is 0 Å². The van der Waals surface area contributed by atoms with Crippen LogP contribution in [0.1, 0.15) is 0 Å². The molecule has 0 fully saturated rings. The molecule has 0 amide bonds. The lowest BCUT2D eigenvalue weighted by Gasteiger charge is -2.15. The van der Waals surface area contributed by atoms with Gasteiger partial charge in [0.15, 0.2) is 0 Å². The van der Waals surface area contributed by atoms with Crippen molar-refractivity contribution in [1.29, 1.82) is 0 Å². The number of thioether (sulfide) groups is 1. The first-order valence-electron chi connectivity index (χ1n) is 5.31. The summed E-state index contributed by atoms with van der Waals surface area (Å²) in [5.41, 5.74) is 0. The number of carbonyl (C=O) groups excluding carboxylic acids is 1. The van der Waals surface area contributed by atoms with Crippen molar-refractivity contribution in [1.82, 2.24) is 0 Å². The minimum Gasteiger partial charge on any atom is -0.507 e. The molecule has 0 aliphatic rings. The summed E-state index contributed by atoms with van der Waals surface area (Å²) in [6.07, 6.45) is 0. The normalized spacial score (nSPS) is 11.5. The molecular weight excluding hydrogens is 274 g/mol. The molecule has 0 aliphatic heterocycles. The molecule has 0 aromatic heterocycles. The SMILES string of the molecule is COC(=O)C(F)(F)Sc1c(O)ccc2ccccc12. The van der Waals surface area contributed by atoms with Crippen molar-refractivity contribution in [2.75, 3.05) is 7.11 Å². The molecule has 19 heavy (non-hydrogen) atoms. The molecule has 0 aliphatic carbocycles. The molecule has 3 nitrogen and oxygen atoms in total. The van der Waals surface area contributed by atoms with Gasteiger partial charge in [0.1, 0.15) is 5.75 Å². The van der Waals surface area contributed by atoms with Gasteiger partial charge in [-0.25, -0.2) is 4.79 Å². The fourth-order valence-corrected chi connectivity index (χ4v) is 2.52. The fraction of sp³-hybridized carbons (Fsp3) is 0.154. The van der Waals surface area contributed by atoms with Crippen LogP contribution in [0.3, 0.4) is 0 Å². The van der Waals surface area contributed by atoms with Gasteiger partial charge in [0.2, 0.25) is 0 Å². The first-order valence-corrected chi connectivity index (χ1v) is 6.13. The monoisotopic (exact) mass is 284 g/mol. The van der Waals surface area contributed by atoms with Crippen molar-refractivity contribution >= 4 is 28.5 Å². The summed E-state index contributed by atoms with van der Waals surface area (Å²) < 4.78 is 31.2. The number of alkyl halides is 2. The summed E-state index contributed by atoms with van der Waals surface area (Å²) in [6, 6.07) is 9.69. The maximum atomic E-state index is 13.6. The molecule has 0 saturated carbocycles.